The molecular formula is C19H25O2. The molecule has 0 bridgehead atoms. The van der Waals surface area contributed by atoms with Gasteiger partial charge in [-0.15, -0.1) is 0 Å². The smallest absolute Gasteiger partial charge is 0.225 e. The number of hydrogen-bond donors (Lipinski definition) is 0. The van der Waals surface area contributed by atoms with Crippen molar-refractivity contribution >= 4 is 12.4 Å². The number of ether oxygens (including phenoxy) is 1. The molecule has 1 saturated carbocycles. The van der Waals surface area contributed by atoms with Crippen molar-refractivity contribution in [3.8, 4) is 5.75 Å². The summed E-state index contributed by atoms with van der Waals surface area (Å²) in [6, 6.07) is 7.85. The van der Waals surface area contributed by atoms with Crippen molar-refractivity contribution in [1.82, 2.24) is 0 Å². The van der Waals surface area contributed by atoms with Crippen molar-refractivity contribution in [3.63, 3.8) is 0 Å². The minimum Gasteiger partial charge on any atom is -0.493 e. The first-order valence-corrected chi connectivity index (χ1v) is 8.09. The Morgan fingerprint density at radius 3 is 2.43 bits per heavy atom. The zero-order valence-corrected chi connectivity index (χ0v) is 12.9. The lowest BCUT2D eigenvalue weighted by atomic mass is 9.80. The second-order valence-electron chi connectivity index (χ2n) is 6.01. The fraction of sp³-hybridized carbons (Fsp3) is 0.526. The fourth-order valence-corrected chi connectivity index (χ4v) is 3.11. The molecule has 21 heavy (non-hydrogen) atoms. The van der Waals surface area contributed by atoms with Crippen LogP contribution in [0.25, 0.3) is 6.08 Å². The van der Waals surface area contributed by atoms with Crippen LogP contribution in [0.5, 0.6) is 5.75 Å². The van der Waals surface area contributed by atoms with Crippen LogP contribution in [0.1, 0.15) is 51.0 Å². The second kappa shape index (κ2) is 8.66. The van der Waals surface area contributed by atoms with E-state index in [0.29, 0.717) is 5.92 Å². The molecule has 2 heteroatoms. The van der Waals surface area contributed by atoms with Crippen LogP contribution in [0.2, 0.25) is 0 Å². The molecule has 1 aromatic carbocycles. The van der Waals surface area contributed by atoms with Crippen LogP contribution >= 0.6 is 0 Å². The number of benzene rings is 1. The maximum atomic E-state index is 10.2. The summed E-state index contributed by atoms with van der Waals surface area (Å²) in [5, 5.41) is 0. The summed E-state index contributed by atoms with van der Waals surface area (Å²) in [6.45, 7) is 3.11. The molecule has 2 rings (SSSR count). The van der Waals surface area contributed by atoms with Gasteiger partial charge < -0.3 is 4.74 Å². The normalized spacial score (nSPS) is 22.3. The quantitative estimate of drug-likeness (QED) is 0.673. The first kappa shape index (κ1) is 15.8. The van der Waals surface area contributed by atoms with Crippen molar-refractivity contribution in [3.05, 3.63) is 35.9 Å². The first-order valence-electron chi connectivity index (χ1n) is 8.09. The standard InChI is InChI=1S/C19H25O2/c1-2-4-16-6-8-18(9-7-16)15-21-19-12-10-17(11-13-19)5-3-14-20/h3,5,10-13,16,18H,2,4,6-9,15H2,1H3/b5-3+. The average molecular weight is 285 g/mol. The zero-order chi connectivity index (χ0) is 14.9. The molecule has 0 amide bonds. The molecule has 0 N–H and O–H groups in total. The third kappa shape index (κ3) is 5.37. The van der Waals surface area contributed by atoms with E-state index in [4.69, 9.17) is 4.74 Å². The van der Waals surface area contributed by atoms with Crippen LogP contribution in [0.4, 0.5) is 0 Å². The van der Waals surface area contributed by atoms with Gasteiger partial charge in [0.25, 0.3) is 0 Å². The molecule has 1 aliphatic carbocycles. The Balaban J connectivity index is 1.73. The SMILES string of the molecule is CCCC1CCC(COc2ccc(/C=C/[C]=O)cc2)CC1. The van der Waals surface area contributed by atoms with Gasteiger partial charge in [-0.2, -0.15) is 0 Å². The summed E-state index contributed by atoms with van der Waals surface area (Å²) in [7, 11) is 0. The van der Waals surface area contributed by atoms with E-state index < -0.39 is 0 Å². The van der Waals surface area contributed by atoms with Crippen LogP contribution in [0, 0.1) is 11.8 Å². The largest absolute Gasteiger partial charge is 0.493 e. The summed E-state index contributed by atoms with van der Waals surface area (Å²) in [6.07, 6.45) is 12.9. The van der Waals surface area contributed by atoms with Gasteiger partial charge >= 0.3 is 0 Å². The third-order valence-electron chi connectivity index (χ3n) is 4.37. The molecular weight excluding hydrogens is 260 g/mol. The Labute approximate surface area is 128 Å². The van der Waals surface area contributed by atoms with Crippen LogP contribution in [0.15, 0.2) is 30.3 Å². The monoisotopic (exact) mass is 285 g/mol. The molecule has 2 nitrogen and oxygen atoms in total. The Morgan fingerprint density at radius 1 is 1.14 bits per heavy atom. The molecule has 0 unspecified atom stereocenters. The highest BCUT2D eigenvalue weighted by molar-refractivity contribution is 5.74. The van der Waals surface area contributed by atoms with Crippen molar-refractivity contribution in [2.45, 2.75) is 45.4 Å². The van der Waals surface area contributed by atoms with Crippen molar-refractivity contribution < 1.29 is 9.53 Å². The number of rotatable bonds is 7. The summed E-state index contributed by atoms with van der Waals surface area (Å²) < 4.78 is 5.90. The van der Waals surface area contributed by atoms with Gasteiger partial charge in [-0.3, -0.25) is 4.79 Å². The number of allylic oxidation sites excluding steroid dienone is 1. The van der Waals surface area contributed by atoms with Crippen LogP contribution < -0.4 is 4.74 Å². The number of hydrogen-bond acceptors (Lipinski definition) is 2. The van der Waals surface area contributed by atoms with Gasteiger partial charge in [-0.25, -0.2) is 0 Å². The van der Waals surface area contributed by atoms with Gasteiger partial charge in [0.05, 0.1) is 6.61 Å². The topological polar surface area (TPSA) is 26.3 Å². The molecule has 113 valence electrons. The molecule has 0 aliphatic heterocycles. The molecule has 1 aliphatic rings. The predicted molar refractivity (Wildman–Crippen MR) is 87.0 cm³/mol. The maximum absolute atomic E-state index is 10.2. The Kier molecular flexibility index (Phi) is 6.52. The van der Waals surface area contributed by atoms with Gasteiger partial charge in [-0.05, 0) is 48.4 Å². The minimum atomic E-state index is 0.711. The maximum Gasteiger partial charge on any atom is 0.225 e. The lowest BCUT2D eigenvalue weighted by molar-refractivity contribution is 0.178. The molecule has 0 atom stereocenters. The summed E-state index contributed by atoms with van der Waals surface area (Å²) >= 11 is 0. The van der Waals surface area contributed by atoms with E-state index in [9.17, 15) is 4.79 Å². The fourth-order valence-electron chi connectivity index (χ4n) is 3.11. The summed E-state index contributed by atoms with van der Waals surface area (Å²) in [5.41, 5.74) is 0.991. The first-order chi connectivity index (χ1) is 10.3. The van der Waals surface area contributed by atoms with Gasteiger partial charge in [-0.1, -0.05) is 50.8 Å². The Hall–Kier alpha value is -1.57. The third-order valence-corrected chi connectivity index (χ3v) is 4.37. The Morgan fingerprint density at radius 2 is 1.81 bits per heavy atom. The van der Waals surface area contributed by atoms with Crippen molar-refractivity contribution in [2.24, 2.45) is 11.8 Å². The lowest BCUT2D eigenvalue weighted by Crippen LogP contribution is -2.20. The number of carbonyl (C=O) groups excluding carboxylic acids is 1. The van der Waals surface area contributed by atoms with Crippen molar-refractivity contribution in [1.29, 1.82) is 0 Å². The summed E-state index contributed by atoms with van der Waals surface area (Å²) in [5.74, 6) is 2.58. The van der Waals surface area contributed by atoms with E-state index >= 15 is 0 Å². The van der Waals surface area contributed by atoms with E-state index in [1.54, 1.807) is 12.4 Å². The highest BCUT2D eigenvalue weighted by Crippen LogP contribution is 2.31. The molecule has 0 saturated heterocycles. The molecule has 1 radical (unpaired) electrons. The van der Waals surface area contributed by atoms with E-state index in [1.807, 2.05) is 24.3 Å². The van der Waals surface area contributed by atoms with Crippen LogP contribution in [0.3, 0.4) is 0 Å². The second-order valence-corrected chi connectivity index (χ2v) is 6.01. The van der Waals surface area contributed by atoms with E-state index in [-0.39, 0.29) is 0 Å². The van der Waals surface area contributed by atoms with Gasteiger partial charge in [0, 0.05) is 0 Å². The summed E-state index contributed by atoms with van der Waals surface area (Å²) in [4.78, 5) is 10.2. The lowest BCUT2D eigenvalue weighted by Gasteiger charge is -2.28. The molecule has 0 heterocycles. The predicted octanol–water partition coefficient (Wildman–Crippen LogP) is 4.79. The van der Waals surface area contributed by atoms with Gasteiger partial charge in [0.1, 0.15) is 5.75 Å². The zero-order valence-electron chi connectivity index (χ0n) is 12.9. The molecule has 0 spiro atoms. The molecule has 1 aromatic rings. The average Bonchev–Trinajstić information content (AvgIpc) is 2.53. The van der Waals surface area contributed by atoms with E-state index in [1.165, 1.54) is 44.6 Å². The van der Waals surface area contributed by atoms with Crippen LogP contribution in [-0.2, 0) is 4.79 Å². The molecule has 1 fully saturated rings. The van der Waals surface area contributed by atoms with E-state index in [2.05, 4.69) is 6.92 Å². The van der Waals surface area contributed by atoms with Crippen LogP contribution in [-0.4, -0.2) is 12.9 Å². The van der Waals surface area contributed by atoms with Gasteiger partial charge in [0.15, 0.2) is 0 Å². The van der Waals surface area contributed by atoms with E-state index in [0.717, 1.165) is 23.8 Å². The highest BCUT2D eigenvalue weighted by atomic mass is 16.5. The van der Waals surface area contributed by atoms with Gasteiger partial charge in [0.2, 0.25) is 6.29 Å². The highest BCUT2D eigenvalue weighted by Gasteiger charge is 2.20. The molecule has 0 aromatic heterocycles. The minimum absolute atomic E-state index is 0.711. The van der Waals surface area contributed by atoms with Crippen molar-refractivity contribution in [2.75, 3.05) is 6.61 Å². The Bertz CT molecular complexity index is 439.